The first-order valence-electron chi connectivity index (χ1n) is 7.15. The smallest absolute Gasteiger partial charge is 0.284 e. The molecule has 0 heterocycles. The van der Waals surface area contributed by atoms with Crippen LogP contribution in [-0.4, -0.2) is 17.8 Å². The van der Waals surface area contributed by atoms with Crippen LogP contribution in [0.25, 0.3) is 0 Å². The minimum atomic E-state index is -2.83. The maximum atomic E-state index is 12.6. The minimum absolute atomic E-state index is 0.0638. The molecule has 0 aromatic carbocycles. The zero-order valence-corrected chi connectivity index (χ0v) is 12.7. The molecule has 1 unspecified atom stereocenters. The monoisotopic (exact) mass is 291 g/mol. The van der Waals surface area contributed by atoms with Crippen LogP contribution < -0.4 is 5.09 Å². The number of hydrogen-bond donors (Lipinski definition) is 1. The number of nitrogens with one attached hydrogen (secondary N) is 1. The Labute approximate surface area is 115 Å². The van der Waals surface area contributed by atoms with E-state index < -0.39 is 7.52 Å². The number of halogens is 1. The molecule has 0 saturated heterocycles. The SMILES string of the molecule is CCOP(=O)(CCl)NC12CC3CC(CC(C3)C1)C2. The summed E-state index contributed by atoms with van der Waals surface area (Å²) in [5.41, 5.74) is 0.150. The third kappa shape index (κ3) is 2.40. The molecule has 4 bridgehead atoms. The third-order valence-electron chi connectivity index (χ3n) is 4.94. The van der Waals surface area contributed by atoms with E-state index in [-0.39, 0.29) is 11.2 Å². The molecule has 0 spiro atoms. The summed E-state index contributed by atoms with van der Waals surface area (Å²) in [4.78, 5) is 0. The zero-order chi connectivity index (χ0) is 12.8. The van der Waals surface area contributed by atoms with E-state index in [0.717, 1.165) is 17.8 Å². The van der Waals surface area contributed by atoms with E-state index in [1.807, 2.05) is 6.92 Å². The fourth-order valence-corrected chi connectivity index (χ4v) is 6.91. The largest absolute Gasteiger partial charge is 0.317 e. The highest BCUT2D eigenvalue weighted by atomic mass is 35.5. The van der Waals surface area contributed by atoms with Gasteiger partial charge in [0.05, 0.1) is 6.61 Å². The molecule has 0 amide bonds. The van der Waals surface area contributed by atoms with Gasteiger partial charge in [-0.05, 0) is 63.2 Å². The average Bonchev–Trinajstić information content (AvgIpc) is 2.26. The van der Waals surface area contributed by atoms with Crippen molar-refractivity contribution in [2.24, 2.45) is 17.8 Å². The molecule has 4 fully saturated rings. The van der Waals surface area contributed by atoms with Gasteiger partial charge in [-0.15, -0.1) is 11.6 Å². The maximum absolute atomic E-state index is 12.6. The summed E-state index contributed by atoms with van der Waals surface area (Å²) in [5, 5.41) is 3.39. The quantitative estimate of drug-likeness (QED) is 0.615. The van der Waals surface area contributed by atoms with Crippen LogP contribution in [0.5, 0.6) is 0 Å². The summed E-state index contributed by atoms with van der Waals surface area (Å²) < 4.78 is 18.0. The second kappa shape index (κ2) is 4.77. The Hall–Kier alpha value is 0.440. The lowest BCUT2D eigenvalue weighted by Crippen LogP contribution is -2.57. The van der Waals surface area contributed by atoms with Gasteiger partial charge in [0.25, 0.3) is 7.52 Å². The molecule has 3 nitrogen and oxygen atoms in total. The highest BCUT2D eigenvalue weighted by molar-refractivity contribution is 7.58. The van der Waals surface area contributed by atoms with Gasteiger partial charge in [-0.25, -0.2) is 5.09 Å². The van der Waals surface area contributed by atoms with E-state index in [2.05, 4.69) is 5.09 Å². The van der Waals surface area contributed by atoms with E-state index >= 15 is 0 Å². The Kier molecular flexibility index (Phi) is 3.56. The van der Waals surface area contributed by atoms with Gasteiger partial charge in [0.1, 0.15) is 5.62 Å². The van der Waals surface area contributed by atoms with Crippen LogP contribution >= 0.6 is 19.1 Å². The van der Waals surface area contributed by atoms with Crippen molar-refractivity contribution in [2.45, 2.75) is 51.0 Å². The van der Waals surface area contributed by atoms with Crippen LogP contribution in [0.4, 0.5) is 0 Å². The summed E-state index contributed by atoms with van der Waals surface area (Å²) in [6.07, 6.45) is 7.69. The Morgan fingerprint density at radius 2 is 1.72 bits per heavy atom. The van der Waals surface area contributed by atoms with Crippen molar-refractivity contribution in [3.63, 3.8) is 0 Å². The van der Waals surface area contributed by atoms with Crippen molar-refractivity contribution >= 4 is 19.1 Å². The summed E-state index contributed by atoms with van der Waals surface area (Å²) in [6.45, 7) is 2.34. The second-order valence-electron chi connectivity index (χ2n) is 6.52. The molecular formula is C13H23ClNO2P. The van der Waals surface area contributed by atoms with E-state index in [1.165, 1.54) is 38.5 Å². The van der Waals surface area contributed by atoms with Gasteiger partial charge >= 0.3 is 0 Å². The van der Waals surface area contributed by atoms with Crippen molar-refractivity contribution in [3.05, 3.63) is 0 Å². The summed E-state index contributed by atoms with van der Waals surface area (Å²) in [7, 11) is -2.83. The van der Waals surface area contributed by atoms with Crippen molar-refractivity contribution in [3.8, 4) is 0 Å². The Morgan fingerprint density at radius 3 is 2.11 bits per heavy atom. The summed E-state index contributed by atoms with van der Waals surface area (Å²) in [6, 6.07) is 0. The number of hydrogen-bond acceptors (Lipinski definition) is 2. The first-order chi connectivity index (χ1) is 8.56. The third-order valence-corrected chi connectivity index (χ3v) is 7.69. The molecule has 4 aliphatic carbocycles. The van der Waals surface area contributed by atoms with Gasteiger partial charge in [-0.2, -0.15) is 0 Å². The van der Waals surface area contributed by atoms with E-state index in [0.29, 0.717) is 6.61 Å². The average molecular weight is 292 g/mol. The Morgan fingerprint density at radius 1 is 1.22 bits per heavy atom. The molecule has 4 aliphatic rings. The zero-order valence-electron chi connectivity index (χ0n) is 11.0. The van der Waals surface area contributed by atoms with Crippen LogP contribution in [0, 0.1) is 17.8 Å². The first-order valence-corrected chi connectivity index (χ1v) is 9.50. The molecule has 18 heavy (non-hydrogen) atoms. The molecule has 4 saturated carbocycles. The molecule has 0 aromatic heterocycles. The van der Waals surface area contributed by atoms with E-state index in [1.54, 1.807) is 0 Å². The summed E-state index contributed by atoms with van der Waals surface area (Å²) in [5.74, 6) is 2.53. The lowest BCUT2D eigenvalue weighted by molar-refractivity contribution is -0.0101. The van der Waals surface area contributed by atoms with Gasteiger partial charge in [0, 0.05) is 5.54 Å². The predicted octanol–water partition coefficient (Wildman–Crippen LogP) is 3.97. The number of alkyl halides is 1. The van der Waals surface area contributed by atoms with Crippen molar-refractivity contribution in [2.75, 3.05) is 12.2 Å². The maximum Gasteiger partial charge on any atom is 0.284 e. The fourth-order valence-electron chi connectivity index (χ4n) is 4.91. The molecule has 1 atom stereocenters. The number of rotatable bonds is 5. The Balaban J connectivity index is 1.77. The van der Waals surface area contributed by atoms with Gasteiger partial charge in [-0.1, -0.05) is 0 Å². The molecule has 1 N–H and O–H groups in total. The highest BCUT2D eigenvalue weighted by Crippen LogP contribution is 2.59. The molecule has 0 aromatic rings. The van der Waals surface area contributed by atoms with Crippen molar-refractivity contribution < 1.29 is 9.09 Å². The molecule has 4 rings (SSSR count). The fraction of sp³-hybridized carbons (Fsp3) is 1.00. The second-order valence-corrected chi connectivity index (χ2v) is 9.31. The molecule has 104 valence electrons. The Bertz CT molecular complexity index is 339. The molecule has 0 aliphatic heterocycles. The topological polar surface area (TPSA) is 38.3 Å². The predicted molar refractivity (Wildman–Crippen MR) is 74.0 cm³/mol. The van der Waals surface area contributed by atoms with Gasteiger partial charge in [0.15, 0.2) is 0 Å². The van der Waals surface area contributed by atoms with Gasteiger partial charge < -0.3 is 4.52 Å². The standard InChI is InChI=1S/C13H23ClNO2P/c1-2-17-18(16,9-14)15-13-6-10-3-11(7-13)5-12(4-10)8-13/h10-12H,2-9H2,1H3,(H,15,16). The van der Waals surface area contributed by atoms with Gasteiger partial charge in [0.2, 0.25) is 0 Å². The molecule has 5 heteroatoms. The normalized spacial score (nSPS) is 45.1. The van der Waals surface area contributed by atoms with Crippen LogP contribution in [-0.2, 0) is 9.09 Å². The van der Waals surface area contributed by atoms with Crippen LogP contribution in [0.2, 0.25) is 0 Å². The van der Waals surface area contributed by atoms with Crippen LogP contribution in [0.1, 0.15) is 45.4 Å². The highest BCUT2D eigenvalue weighted by Gasteiger charge is 2.52. The summed E-state index contributed by atoms with van der Waals surface area (Å²) >= 11 is 5.88. The minimum Gasteiger partial charge on any atom is -0.317 e. The molecular weight excluding hydrogens is 269 g/mol. The first kappa shape index (κ1) is 13.4. The van der Waals surface area contributed by atoms with E-state index in [4.69, 9.17) is 16.1 Å². The van der Waals surface area contributed by atoms with E-state index in [9.17, 15) is 4.57 Å². The van der Waals surface area contributed by atoms with Crippen LogP contribution in [0.3, 0.4) is 0 Å². The van der Waals surface area contributed by atoms with Crippen molar-refractivity contribution in [1.29, 1.82) is 0 Å². The van der Waals surface area contributed by atoms with Crippen molar-refractivity contribution in [1.82, 2.24) is 5.09 Å². The lowest BCUT2D eigenvalue weighted by atomic mass is 9.53. The van der Waals surface area contributed by atoms with Crippen LogP contribution in [0.15, 0.2) is 0 Å². The molecule has 0 radical (unpaired) electrons. The van der Waals surface area contributed by atoms with Gasteiger partial charge in [-0.3, -0.25) is 4.57 Å². The lowest BCUT2D eigenvalue weighted by Gasteiger charge is -2.57.